The van der Waals surface area contributed by atoms with E-state index in [1.54, 1.807) is 0 Å². The largest absolute Gasteiger partial charge is 0.375 e. The van der Waals surface area contributed by atoms with Crippen LogP contribution in [0.1, 0.15) is 44.1 Å². The van der Waals surface area contributed by atoms with Crippen molar-refractivity contribution in [3.8, 4) is 6.07 Å². The van der Waals surface area contributed by atoms with E-state index in [0.717, 1.165) is 18.4 Å². The molecule has 0 aliphatic heterocycles. The van der Waals surface area contributed by atoms with Crippen LogP contribution in [0.4, 0.5) is 0 Å². The van der Waals surface area contributed by atoms with Gasteiger partial charge in [-0.2, -0.15) is 5.26 Å². The zero-order valence-corrected chi connectivity index (χ0v) is 11.8. The van der Waals surface area contributed by atoms with Gasteiger partial charge in [-0.15, -0.1) is 0 Å². The minimum absolute atomic E-state index is 0.340. The maximum Gasteiger partial charge on any atom is 0.156 e. The Bertz CT molecular complexity index is 472. The SMILES string of the molecule is N#CC(COC1CCCC1)(NC1CC1)c1ccccc1. The van der Waals surface area contributed by atoms with E-state index in [1.165, 1.54) is 25.7 Å². The van der Waals surface area contributed by atoms with E-state index in [1.807, 2.05) is 30.3 Å². The topological polar surface area (TPSA) is 45.0 Å². The summed E-state index contributed by atoms with van der Waals surface area (Å²) in [5.41, 5.74) is 0.331. The molecule has 0 aromatic heterocycles. The van der Waals surface area contributed by atoms with Gasteiger partial charge in [-0.1, -0.05) is 43.2 Å². The number of nitrogens with one attached hydrogen (secondary N) is 1. The molecule has 2 aliphatic rings. The molecule has 0 spiro atoms. The molecule has 0 saturated heterocycles. The second-order valence-electron chi connectivity index (χ2n) is 6.02. The molecular formula is C17H22N2O. The van der Waals surface area contributed by atoms with Crippen LogP contribution in [0.25, 0.3) is 0 Å². The number of benzene rings is 1. The summed E-state index contributed by atoms with van der Waals surface area (Å²) in [6, 6.07) is 13.0. The van der Waals surface area contributed by atoms with Crippen molar-refractivity contribution in [3.05, 3.63) is 35.9 Å². The Morgan fingerprint density at radius 3 is 2.45 bits per heavy atom. The first-order chi connectivity index (χ1) is 9.82. The lowest BCUT2D eigenvalue weighted by molar-refractivity contribution is 0.0258. The summed E-state index contributed by atoms with van der Waals surface area (Å²) in [6.45, 7) is 0.453. The number of nitrogens with zero attached hydrogens (tertiary/aromatic N) is 1. The van der Waals surface area contributed by atoms with Crippen molar-refractivity contribution in [2.45, 2.75) is 56.2 Å². The molecule has 3 rings (SSSR count). The lowest BCUT2D eigenvalue weighted by Crippen LogP contribution is -2.47. The molecule has 1 aromatic carbocycles. The lowest BCUT2D eigenvalue weighted by Gasteiger charge is -2.30. The summed E-state index contributed by atoms with van der Waals surface area (Å²) in [5, 5.41) is 13.3. The van der Waals surface area contributed by atoms with Gasteiger partial charge >= 0.3 is 0 Å². The summed E-state index contributed by atoms with van der Waals surface area (Å²) >= 11 is 0. The quantitative estimate of drug-likeness (QED) is 0.864. The normalized spacial score (nSPS) is 22.4. The van der Waals surface area contributed by atoms with Crippen LogP contribution in [0.2, 0.25) is 0 Å². The Labute approximate surface area is 120 Å². The number of hydrogen-bond acceptors (Lipinski definition) is 3. The van der Waals surface area contributed by atoms with Gasteiger partial charge in [0, 0.05) is 6.04 Å². The predicted molar refractivity (Wildman–Crippen MR) is 78.1 cm³/mol. The van der Waals surface area contributed by atoms with Crippen molar-refractivity contribution in [1.29, 1.82) is 5.26 Å². The van der Waals surface area contributed by atoms with Gasteiger partial charge in [0.1, 0.15) is 0 Å². The summed E-state index contributed by atoms with van der Waals surface area (Å²) in [6.07, 6.45) is 7.46. The molecule has 3 nitrogen and oxygen atoms in total. The Hall–Kier alpha value is -1.37. The van der Waals surface area contributed by atoms with E-state index in [2.05, 4.69) is 11.4 Å². The van der Waals surface area contributed by atoms with Crippen molar-refractivity contribution in [1.82, 2.24) is 5.32 Å². The predicted octanol–water partition coefficient (Wildman–Crippen LogP) is 3.12. The fourth-order valence-corrected chi connectivity index (χ4v) is 2.93. The molecule has 0 radical (unpaired) electrons. The first kappa shape index (κ1) is 13.6. The highest BCUT2D eigenvalue weighted by Crippen LogP contribution is 2.30. The van der Waals surface area contributed by atoms with E-state index >= 15 is 0 Å². The van der Waals surface area contributed by atoms with Gasteiger partial charge in [-0.3, -0.25) is 5.32 Å². The molecule has 106 valence electrons. The molecule has 2 saturated carbocycles. The van der Waals surface area contributed by atoms with E-state index in [0.29, 0.717) is 18.8 Å². The minimum atomic E-state index is -0.689. The van der Waals surface area contributed by atoms with Gasteiger partial charge in [-0.25, -0.2) is 0 Å². The van der Waals surface area contributed by atoms with Crippen LogP contribution in [0, 0.1) is 11.3 Å². The van der Waals surface area contributed by atoms with Crippen molar-refractivity contribution in [3.63, 3.8) is 0 Å². The zero-order chi connectivity index (χ0) is 13.8. The average Bonchev–Trinajstić information content (AvgIpc) is 3.16. The molecule has 2 fully saturated rings. The van der Waals surface area contributed by atoms with E-state index in [4.69, 9.17) is 4.74 Å². The third-order valence-corrected chi connectivity index (χ3v) is 4.32. The first-order valence-corrected chi connectivity index (χ1v) is 7.68. The maximum atomic E-state index is 9.79. The number of rotatable bonds is 6. The van der Waals surface area contributed by atoms with Gasteiger partial charge in [-0.05, 0) is 31.2 Å². The van der Waals surface area contributed by atoms with Gasteiger partial charge in [0.15, 0.2) is 5.54 Å². The van der Waals surface area contributed by atoms with Crippen LogP contribution >= 0.6 is 0 Å². The fourth-order valence-electron chi connectivity index (χ4n) is 2.93. The van der Waals surface area contributed by atoms with Crippen molar-refractivity contribution < 1.29 is 4.74 Å². The molecule has 1 unspecified atom stereocenters. The summed E-state index contributed by atoms with van der Waals surface area (Å²) < 4.78 is 6.06. The number of nitriles is 1. The summed E-state index contributed by atoms with van der Waals surface area (Å²) in [7, 11) is 0. The minimum Gasteiger partial charge on any atom is -0.375 e. The third kappa shape index (κ3) is 3.03. The Balaban J connectivity index is 1.76. The van der Waals surface area contributed by atoms with Crippen LogP contribution in [-0.2, 0) is 10.3 Å². The van der Waals surface area contributed by atoms with Crippen LogP contribution in [-0.4, -0.2) is 18.8 Å². The standard InChI is InChI=1S/C17H22N2O/c18-12-17(19-15-10-11-15,14-6-2-1-3-7-14)13-20-16-8-4-5-9-16/h1-3,6-7,15-16,19H,4-5,8-11,13H2. The van der Waals surface area contributed by atoms with Crippen molar-refractivity contribution in [2.24, 2.45) is 0 Å². The number of hydrogen-bond donors (Lipinski definition) is 1. The third-order valence-electron chi connectivity index (χ3n) is 4.32. The number of ether oxygens (including phenoxy) is 1. The first-order valence-electron chi connectivity index (χ1n) is 7.68. The second kappa shape index (κ2) is 5.95. The van der Waals surface area contributed by atoms with Crippen LogP contribution in [0.5, 0.6) is 0 Å². The van der Waals surface area contributed by atoms with Gasteiger partial charge in [0.25, 0.3) is 0 Å². The van der Waals surface area contributed by atoms with E-state index < -0.39 is 5.54 Å². The Morgan fingerprint density at radius 2 is 1.85 bits per heavy atom. The molecule has 0 bridgehead atoms. The molecule has 2 aliphatic carbocycles. The van der Waals surface area contributed by atoms with Crippen LogP contribution in [0.3, 0.4) is 0 Å². The second-order valence-corrected chi connectivity index (χ2v) is 6.02. The lowest BCUT2D eigenvalue weighted by atomic mass is 9.92. The molecule has 0 amide bonds. The van der Waals surface area contributed by atoms with Gasteiger partial charge in [0.05, 0.1) is 18.8 Å². The monoisotopic (exact) mass is 270 g/mol. The zero-order valence-electron chi connectivity index (χ0n) is 11.8. The van der Waals surface area contributed by atoms with Crippen LogP contribution in [0.15, 0.2) is 30.3 Å². The fraction of sp³-hybridized carbons (Fsp3) is 0.588. The molecule has 0 heterocycles. The highest BCUT2D eigenvalue weighted by molar-refractivity contribution is 5.32. The van der Waals surface area contributed by atoms with Crippen molar-refractivity contribution >= 4 is 0 Å². The highest BCUT2D eigenvalue weighted by atomic mass is 16.5. The highest BCUT2D eigenvalue weighted by Gasteiger charge is 2.39. The molecule has 3 heteroatoms. The average molecular weight is 270 g/mol. The van der Waals surface area contributed by atoms with E-state index in [-0.39, 0.29) is 0 Å². The van der Waals surface area contributed by atoms with E-state index in [9.17, 15) is 5.26 Å². The maximum absolute atomic E-state index is 9.79. The summed E-state index contributed by atoms with van der Waals surface area (Å²) in [5.74, 6) is 0. The molecule has 20 heavy (non-hydrogen) atoms. The Morgan fingerprint density at radius 1 is 1.15 bits per heavy atom. The van der Waals surface area contributed by atoms with Crippen LogP contribution < -0.4 is 5.32 Å². The Kier molecular flexibility index (Phi) is 4.05. The summed E-state index contributed by atoms with van der Waals surface area (Å²) in [4.78, 5) is 0. The smallest absolute Gasteiger partial charge is 0.156 e. The molecule has 1 aromatic rings. The van der Waals surface area contributed by atoms with Gasteiger partial charge in [0.2, 0.25) is 0 Å². The van der Waals surface area contributed by atoms with Crippen molar-refractivity contribution in [2.75, 3.05) is 6.61 Å². The molecular weight excluding hydrogens is 248 g/mol. The van der Waals surface area contributed by atoms with Gasteiger partial charge < -0.3 is 4.74 Å². The molecule has 1 atom stereocenters. The molecule has 1 N–H and O–H groups in total.